The van der Waals surface area contributed by atoms with Crippen LogP contribution >= 0.6 is 0 Å². The van der Waals surface area contributed by atoms with E-state index in [1.807, 2.05) is 0 Å². The topological polar surface area (TPSA) is 38.0 Å². The Balaban J connectivity index is 2.98. The molecule has 0 aliphatic rings. The van der Waals surface area contributed by atoms with Crippen molar-refractivity contribution in [1.29, 1.82) is 0 Å². The summed E-state index contributed by atoms with van der Waals surface area (Å²) < 4.78 is 0. The van der Waals surface area contributed by atoms with E-state index >= 15 is 0 Å². The fourth-order valence-electron chi connectivity index (χ4n) is 2.31. The van der Waals surface area contributed by atoms with Crippen molar-refractivity contribution in [2.45, 2.75) is 97.1 Å². The Hall–Kier alpha value is -0.0800. The highest BCUT2D eigenvalue weighted by Crippen LogP contribution is 2.10. The fraction of sp³-hybridized carbons (Fsp3) is 1.00. The van der Waals surface area contributed by atoms with E-state index in [2.05, 4.69) is 19.2 Å². The van der Waals surface area contributed by atoms with Crippen LogP contribution in [0.25, 0.3) is 0 Å². The van der Waals surface area contributed by atoms with E-state index in [4.69, 9.17) is 5.73 Å². The number of hydrogen-bond acceptors (Lipinski definition) is 2. The third kappa shape index (κ3) is 14.0. The van der Waals surface area contributed by atoms with E-state index in [1.54, 1.807) is 0 Å². The maximum atomic E-state index is 5.89. The predicted octanol–water partition coefficient (Wildman–Crippen LogP) is 4.58. The van der Waals surface area contributed by atoms with Crippen molar-refractivity contribution in [1.82, 2.24) is 5.32 Å². The summed E-state index contributed by atoms with van der Waals surface area (Å²) >= 11 is 0. The van der Waals surface area contributed by atoms with Crippen LogP contribution in [0.4, 0.5) is 0 Å². The van der Waals surface area contributed by atoms with Gasteiger partial charge in [-0.3, -0.25) is 0 Å². The Labute approximate surface area is 115 Å². The molecular weight excluding hydrogens is 220 g/mol. The summed E-state index contributed by atoms with van der Waals surface area (Å²) in [7, 11) is 0. The molecule has 0 aliphatic carbocycles. The van der Waals surface area contributed by atoms with Crippen LogP contribution in [0.5, 0.6) is 0 Å². The third-order valence-corrected chi connectivity index (χ3v) is 3.54. The van der Waals surface area contributed by atoms with Crippen LogP contribution in [-0.4, -0.2) is 12.7 Å². The maximum Gasteiger partial charge on any atom is 0.0546 e. The molecule has 2 heteroatoms. The molecule has 0 aromatic heterocycles. The Morgan fingerprint density at radius 2 is 1.22 bits per heavy atom. The smallest absolute Gasteiger partial charge is 0.0546 e. The van der Waals surface area contributed by atoms with Crippen LogP contribution < -0.4 is 11.1 Å². The maximum absolute atomic E-state index is 5.89. The first-order chi connectivity index (χ1) is 8.81. The van der Waals surface area contributed by atoms with Gasteiger partial charge in [0.25, 0.3) is 0 Å². The number of unbranched alkanes of at least 4 members (excludes halogenated alkanes) is 9. The summed E-state index contributed by atoms with van der Waals surface area (Å²) in [5, 5.41) is 3.39. The first-order valence-corrected chi connectivity index (χ1v) is 8.30. The molecule has 0 saturated carbocycles. The van der Waals surface area contributed by atoms with Crippen molar-refractivity contribution in [3.05, 3.63) is 0 Å². The second-order valence-electron chi connectivity index (χ2n) is 5.53. The zero-order chi connectivity index (χ0) is 13.5. The summed E-state index contributed by atoms with van der Waals surface area (Å²) in [4.78, 5) is 0. The molecule has 0 aromatic carbocycles. The molecule has 0 aromatic rings. The van der Waals surface area contributed by atoms with Crippen LogP contribution in [0.3, 0.4) is 0 Å². The molecule has 1 atom stereocenters. The highest BCUT2D eigenvalue weighted by atomic mass is 15.0. The quantitative estimate of drug-likeness (QED) is 0.352. The van der Waals surface area contributed by atoms with Gasteiger partial charge in [0.15, 0.2) is 0 Å². The lowest BCUT2D eigenvalue weighted by molar-refractivity contribution is 0.470. The van der Waals surface area contributed by atoms with Gasteiger partial charge in [-0.1, -0.05) is 78.1 Å². The largest absolute Gasteiger partial charge is 0.316 e. The van der Waals surface area contributed by atoms with Gasteiger partial charge in [-0.2, -0.15) is 0 Å². The molecule has 0 radical (unpaired) electrons. The fourth-order valence-corrected chi connectivity index (χ4v) is 2.31. The van der Waals surface area contributed by atoms with E-state index in [-0.39, 0.29) is 6.17 Å². The molecule has 2 nitrogen and oxygen atoms in total. The molecule has 110 valence electrons. The Morgan fingerprint density at radius 3 is 1.72 bits per heavy atom. The van der Waals surface area contributed by atoms with Crippen LogP contribution in [0.1, 0.15) is 90.9 Å². The average molecular weight is 256 g/mol. The number of nitrogens with two attached hydrogens (primary N) is 1. The van der Waals surface area contributed by atoms with E-state index < -0.39 is 0 Å². The lowest BCUT2D eigenvalue weighted by Gasteiger charge is -2.12. The molecule has 0 fully saturated rings. The molecule has 0 bridgehead atoms. The molecule has 18 heavy (non-hydrogen) atoms. The lowest BCUT2D eigenvalue weighted by Crippen LogP contribution is -2.37. The van der Waals surface area contributed by atoms with E-state index in [0.29, 0.717) is 0 Å². The number of hydrogen-bond donors (Lipinski definition) is 2. The van der Waals surface area contributed by atoms with E-state index in [1.165, 1.54) is 70.6 Å². The Kier molecular flexibility index (Phi) is 14.9. The van der Waals surface area contributed by atoms with Gasteiger partial charge in [-0.05, 0) is 19.4 Å². The Bertz CT molecular complexity index is 148. The third-order valence-electron chi connectivity index (χ3n) is 3.54. The first-order valence-electron chi connectivity index (χ1n) is 8.30. The van der Waals surface area contributed by atoms with E-state index in [9.17, 15) is 0 Å². The van der Waals surface area contributed by atoms with Gasteiger partial charge in [0, 0.05) is 0 Å². The highest BCUT2D eigenvalue weighted by Gasteiger charge is 1.98. The summed E-state index contributed by atoms with van der Waals surface area (Å²) in [6.07, 6.45) is 16.5. The monoisotopic (exact) mass is 256 g/mol. The number of rotatable bonds is 14. The van der Waals surface area contributed by atoms with Gasteiger partial charge in [0.2, 0.25) is 0 Å². The lowest BCUT2D eigenvalue weighted by atomic mass is 10.1. The molecule has 1 unspecified atom stereocenters. The van der Waals surface area contributed by atoms with Gasteiger partial charge in [0.05, 0.1) is 6.17 Å². The molecule has 0 rings (SSSR count). The van der Waals surface area contributed by atoms with Gasteiger partial charge in [-0.15, -0.1) is 0 Å². The first kappa shape index (κ1) is 17.9. The van der Waals surface area contributed by atoms with Crippen molar-refractivity contribution in [2.75, 3.05) is 6.54 Å². The van der Waals surface area contributed by atoms with Crippen molar-refractivity contribution in [3.8, 4) is 0 Å². The van der Waals surface area contributed by atoms with Gasteiger partial charge in [0.1, 0.15) is 0 Å². The molecule has 3 N–H and O–H groups in total. The summed E-state index contributed by atoms with van der Waals surface area (Å²) in [6.45, 7) is 5.56. The number of nitrogens with one attached hydrogen (secondary N) is 1. The van der Waals surface area contributed by atoms with Crippen LogP contribution in [0.2, 0.25) is 0 Å². The van der Waals surface area contributed by atoms with Crippen LogP contribution in [0, 0.1) is 0 Å². The second-order valence-corrected chi connectivity index (χ2v) is 5.53. The molecule has 0 aliphatic heterocycles. The van der Waals surface area contributed by atoms with Crippen LogP contribution in [0.15, 0.2) is 0 Å². The normalized spacial score (nSPS) is 12.8. The molecule has 0 heterocycles. The minimum Gasteiger partial charge on any atom is -0.316 e. The van der Waals surface area contributed by atoms with Crippen molar-refractivity contribution in [3.63, 3.8) is 0 Å². The SMILES string of the molecule is CCCCCCCCCCCCNC(N)CCC. The zero-order valence-electron chi connectivity index (χ0n) is 12.8. The molecular formula is C16H36N2. The van der Waals surface area contributed by atoms with E-state index in [0.717, 1.165) is 13.0 Å². The summed E-state index contributed by atoms with van der Waals surface area (Å²) in [5.74, 6) is 0. The standard InChI is InChI=1S/C16H36N2/c1-3-5-6-7-8-9-10-11-12-13-15-18-16(17)14-4-2/h16,18H,3-15,17H2,1-2H3. The molecule has 0 spiro atoms. The van der Waals surface area contributed by atoms with Gasteiger partial charge in [-0.25, -0.2) is 0 Å². The van der Waals surface area contributed by atoms with Crippen LogP contribution in [-0.2, 0) is 0 Å². The Morgan fingerprint density at radius 1 is 0.722 bits per heavy atom. The summed E-state index contributed by atoms with van der Waals surface area (Å²) in [6, 6.07) is 0. The zero-order valence-corrected chi connectivity index (χ0v) is 12.8. The van der Waals surface area contributed by atoms with Crippen molar-refractivity contribution >= 4 is 0 Å². The minimum absolute atomic E-state index is 0.216. The predicted molar refractivity (Wildman–Crippen MR) is 82.7 cm³/mol. The summed E-state index contributed by atoms with van der Waals surface area (Å²) in [5.41, 5.74) is 5.89. The van der Waals surface area contributed by atoms with Gasteiger partial charge >= 0.3 is 0 Å². The van der Waals surface area contributed by atoms with Gasteiger partial charge < -0.3 is 11.1 Å². The second kappa shape index (κ2) is 15.0. The molecule has 0 saturated heterocycles. The van der Waals surface area contributed by atoms with Crippen molar-refractivity contribution < 1.29 is 0 Å². The molecule has 0 amide bonds. The minimum atomic E-state index is 0.216. The highest BCUT2D eigenvalue weighted by molar-refractivity contribution is 4.57. The average Bonchev–Trinajstić information content (AvgIpc) is 2.36. The van der Waals surface area contributed by atoms with Crippen molar-refractivity contribution in [2.24, 2.45) is 5.73 Å².